The van der Waals surface area contributed by atoms with Crippen molar-refractivity contribution >= 4 is 35.1 Å². The summed E-state index contributed by atoms with van der Waals surface area (Å²) in [6.45, 7) is 0.301. The zero-order valence-corrected chi connectivity index (χ0v) is 14.6. The molecule has 1 aliphatic heterocycles. The molecular weight excluding hydrogens is 344 g/mol. The molecule has 7 heteroatoms. The first-order chi connectivity index (χ1) is 11.9. The van der Waals surface area contributed by atoms with E-state index >= 15 is 0 Å². The Morgan fingerprint density at radius 1 is 1.24 bits per heavy atom. The van der Waals surface area contributed by atoms with Gasteiger partial charge in [-0.05, 0) is 37.1 Å². The van der Waals surface area contributed by atoms with E-state index in [9.17, 15) is 14.4 Å². The molecule has 25 heavy (non-hydrogen) atoms. The number of amides is 2. The van der Waals surface area contributed by atoms with Gasteiger partial charge in [-0.1, -0.05) is 24.4 Å². The molecule has 1 saturated heterocycles. The summed E-state index contributed by atoms with van der Waals surface area (Å²) in [5, 5.41) is 12.7. The highest BCUT2D eigenvalue weighted by Crippen LogP contribution is 2.34. The third kappa shape index (κ3) is 3.95. The van der Waals surface area contributed by atoms with Crippen LogP contribution in [-0.4, -0.2) is 35.0 Å². The van der Waals surface area contributed by atoms with Gasteiger partial charge in [0.2, 0.25) is 11.8 Å². The molecule has 134 valence electrons. The standard InChI is InChI=1S/C18H21ClN2O4/c19-13-3-5-14(6-4-13)21-11-12(9-15(21)22)17(25)20-18(10-16(23)24)7-1-2-8-18/h3-6,12H,1-2,7-11H2,(H,20,25)(H,23,24). The van der Waals surface area contributed by atoms with Crippen molar-refractivity contribution in [2.45, 2.75) is 44.1 Å². The van der Waals surface area contributed by atoms with Gasteiger partial charge in [-0.2, -0.15) is 0 Å². The largest absolute Gasteiger partial charge is 0.481 e. The van der Waals surface area contributed by atoms with Crippen molar-refractivity contribution in [2.75, 3.05) is 11.4 Å². The van der Waals surface area contributed by atoms with Crippen molar-refractivity contribution in [3.63, 3.8) is 0 Å². The number of carboxylic acids is 1. The Bertz CT molecular complexity index is 683. The number of hydrogen-bond donors (Lipinski definition) is 2. The lowest BCUT2D eigenvalue weighted by Crippen LogP contribution is -2.50. The summed E-state index contributed by atoms with van der Waals surface area (Å²) in [6.07, 6.45) is 3.24. The maximum atomic E-state index is 12.7. The van der Waals surface area contributed by atoms with Crippen molar-refractivity contribution in [2.24, 2.45) is 5.92 Å². The first kappa shape index (κ1) is 17.7. The molecule has 2 fully saturated rings. The molecule has 3 rings (SSSR count). The van der Waals surface area contributed by atoms with Gasteiger partial charge in [-0.15, -0.1) is 0 Å². The smallest absolute Gasteiger partial charge is 0.305 e. The predicted octanol–water partition coefficient (Wildman–Crippen LogP) is 2.60. The maximum Gasteiger partial charge on any atom is 0.305 e. The number of rotatable bonds is 5. The number of benzene rings is 1. The van der Waals surface area contributed by atoms with Crippen LogP contribution in [0.25, 0.3) is 0 Å². The van der Waals surface area contributed by atoms with Crippen LogP contribution >= 0.6 is 11.6 Å². The molecule has 0 spiro atoms. The van der Waals surface area contributed by atoms with Crippen molar-refractivity contribution in [3.05, 3.63) is 29.3 Å². The van der Waals surface area contributed by atoms with Gasteiger partial charge >= 0.3 is 5.97 Å². The molecule has 1 atom stereocenters. The second-order valence-corrected chi connectivity index (χ2v) is 7.37. The van der Waals surface area contributed by atoms with E-state index in [0.29, 0.717) is 30.1 Å². The number of hydrogen-bond acceptors (Lipinski definition) is 3. The molecule has 2 N–H and O–H groups in total. The van der Waals surface area contributed by atoms with Gasteiger partial charge in [-0.3, -0.25) is 14.4 Å². The Kier molecular flexibility index (Phi) is 4.99. The van der Waals surface area contributed by atoms with Gasteiger partial charge in [-0.25, -0.2) is 0 Å². The van der Waals surface area contributed by atoms with Crippen molar-refractivity contribution < 1.29 is 19.5 Å². The minimum Gasteiger partial charge on any atom is -0.481 e. The number of nitrogens with one attached hydrogen (secondary N) is 1. The van der Waals surface area contributed by atoms with E-state index < -0.39 is 17.4 Å². The average Bonchev–Trinajstić information content (AvgIpc) is 3.14. The molecule has 0 radical (unpaired) electrons. The summed E-state index contributed by atoms with van der Waals surface area (Å²) in [4.78, 5) is 37.7. The van der Waals surface area contributed by atoms with Gasteiger partial charge in [0, 0.05) is 23.7 Å². The minimum absolute atomic E-state index is 0.0691. The van der Waals surface area contributed by atoms with Crippen molar-refractivity contribution in [3.8, 4) is 0 Å². The Morgan fingerprint density at radius 2 is 1.88 bits per heavy atom. The van der Waals surface area contributed by atoms with Crippen LogP contribution in [0.15, 0.2) is 24.3 Å². The fourth-order valence-corrected chi connectivity index (χ4v) is 3.93. The van der Waals surface area contributed by atoms with Crippen LogP contribution in [0.5, 0.6) is 0 Å². The first-order valence-electron chi connectivity index (χ1n) is 8.48. The van der Waals surface area contributed by atoms with Gasteiger partial charge in [0.1, 0.15) is 0 Å². The lowest BCUT2D eigenvalue weighted by atomic mass is 9.92. The molecule has 0 bridgehead atoms. The van der Waals surface area contributed by atoms with E-state index in [1.54, 1.807) is 29.2 Å². The number of carbonyl (C=O) groups excluding carboxylic acids is 2. The molecule has 1 aromatic rings. The van der Waals surface area contributed by atoms with Crippen LogP contribution < -0.4 is 10.2 Å². The molecule has 1 aromatic carbocycles. The van der Waals surface area contributed by atoms with Crippen molar-refractivity contribution in [1.29, 1.82) is 0 Å². The fraction of sp³-hybridized carbons (Fsp3) is 0.500. The van der Waals surface area contributed by atoms with Gasteiger partial charge in [0.15, 0.2) is 0 Å². The predicted molar refractivity (Wildman–Crippen MR) is 93.5 cm³/mol. The molecule has 1 saturated carbocycles. The fourth-order valence-electron chi connectivity index (χ4n) is 3.80. The Hall–Kier alpha value is -2.08. The number of aliphatic carboxylic acids is 1. The molecule has 1 unspecified atom stereocenters. The number of carboxylic acid groups (broad SMARTS) is 1. The molecule has 6 nitrogen and oxygen atoms in total. The van der Waals surface area contributed by atoms with Crippen LogP contribution in [0.4, 0.5) is 5.69 Å². The second kappa shape index (κ2) is 7.04. The average molecular weight is 365 g/mol. The van der Waals surface area contributed by atoms with Gasteiger partial charge in [0.05, 0.1) is 17.9 Å². The molecule has 2 aliphatic rings. The van der Waals surface area contributed by atoms with E-state index in [0.717, 1.165) is 12.8 Å². The molecule has 0 aromatic heterocycles. The Balaban J connectivity index is 1.68. The topological polar surface area (TPSA) is 86.7 Å². The van der Waals surface area contributed by atoms with E-state index in [4.69, 9.17) is 16.7 Å². The zero-order valence-electron chi connectivity index (χ0n) is 13.8. The number of nitrogens with zero attached hydrogens (tertiary/aromatic N) is 1. The monoisotopic (exact) mass is 364 g/mol. The van der Waals surface area contributed by atoms with Crippen LogP contribution in [0.2, 0.25) is 5.02 Å². The summed E-state index contributed by atoms with van der Waals surface area (Å²) < 4.78 is 0. The summed E-state index contributed by atoms with van der Waals surface area (Å²) in [5.41, 5.74) is 0.0467. The van der Waals surface area contributed by atoms with E-state index in [2.05, 4.69) is 5.32 Å². The highest BCUT2D eigenvalue weighted by Gasteiger charge is 2.41. The van der Waals surface area contributed by atoms with E-state index in [1.165, 1.54) is 0 Å². The highest BCUT2D eigenvalue weighted by atomic mass is 35.5. The molecule has 2 amide bonds. The third-order valence-corrected chi connectivity index (χ3v) is 5.32. The SMILES string of the molecule is O=C(O)CC1(NC(=O)C2CC(=O)N(c3ccc(Cl)cc3)C2)CCCC1. The Labute approximate surface area is 151 Å². The summed E-state index contributed by atoms with van der Waals surface area (Å²) >= 11 is 5.87. The minimum atomic E-state index is -0.910. The quantitative estimate of drug-likeness (QED) is 0.840. The highest BCUT2D eigenvalue weighted by molar-refractivity contribution is 6.30. The first-order valence-corrected chi connectivity index (χ1v) is 8.86. The summed E-state index contributed by atoms with van der Waals surface area (Å²) in [6, 6.07) is 6.92. The van der Waals surface area contributed by atoms with E-state index in [-0.39, 0.29) is 24.7 Å². The summed E-state index contributed by atoms with van der Waals surface area (Å²) in [7, 11) is 0. The third-order valence-electron chi connectivity index (χ3n) is 5.07. The lowest BCUT2D eigenvalue weighted by Gasteiger charge is -2.30. The molecule has 1 aliphatic carbocycles. The number of halogens is 1. The van der Waals surface area contributed by atoms with Gasteiger partial charge < -0.3 is 15.3 Å². The van der Waals surface area contributed by atoms with Crippen molar-refractivity contribution in [1.82, 2.24) is 5.32 Å². The number of carbonyl (C=O) groups is 3. The molecular formula is C18H21ClN2O4. The number of anilines is 1. The molecule has 1 heterocycles. The Morgan fingerprint density at radius 3 is 2.48 bits per heavy atom. The normalized spacial score (nSPS) is 22.2. The summed E-state index contributed by atoms with van der Waals surface area (Å²) in [5.74, 6) is -1.71. The second-order valence-electron chi connectivity index (χ2n) is 6.93. The van der Waals surface area contributed by atoms with Crippen LogP contribution in [-0.2, 0) is 14.4 Å². The zero-order chi connectivity index (χ0) is 18.0. The van der Waals surface area contributed by atoms with E-state index in [1.807, 2.05) is 0 Å². The van der Waals surface area contributed by atoms with Gasteiger partial charge in [0.25, 0.3) is 0 Å². The van der Waals surface area contributed by atoms with Crippen LogP contribution in [0.3, 0.4) is 0 Å². The maximum absolute atomic E-state index is 12.7. The van der Waals surface area contributed by atoms with Crippen LogP contribution in [0.1, 0.15) is 38.5 Å². The lowest BCUT2D eigenvalue weighted by molar-refractivity contribution is -0.139. The van der Waals surface area contributed by atoms with Crippen LogP contribution in [0, 0.1) is 5.92 Å².